The van der Waals surface area contributed by atoms with Crippen molar-refractivity contribution in [3.05, 3.63) is 126 Å². The van der Waals surface area contributed by atoms with Crippen molar-refractivity contribution in [2.24, 2.45) is 0 Å². The number of ether oxygens (including phenoxy) is 1. The second-order valence-electron chi connectivity index (χ2n) is 9.38. The van der Waals surface area contributed by atoms with E-state index >= 15 is 0 Å². The smallest absolute Gasteiger partial charge is 0.254 e. The molecule has 0 aliphatic rings. The highest BCUT2D eigenvalue weighted by atomic mass is 16.5. The number of aliphatic hydroxyl groups excluding tert-OH is 1. The van der Waals surface area contributed by atoms with Gasteiger partial charge in [-0.25, -0.2) is 0 Å². The largest absolute Gasteiger partial charge is 0.493 e. The molecule has 0 saturated carbocycles. The number of carbonyl (C=O) groups excluding carboxylic acids is 2. The third-order valence-electron chi connectivity index (χ3n) is 6.44. The Bertz CT molecular complexity index is 1360. The Labute approximate surface area is 232 Å². The third-order valence-corrected chi connectivity index (χ3v) is 6.44. The first-order chi connectivity index (χ1) is 19.6. The number of aliphatic hydroxyl groups is 1. The molecule has 0 radical (unpaired) electrons. The first-order valence-electron chi connectivity index (χ1n) is 13.9. The molecular weight excluding hydrogens is 486 g/mol. The standard InChI is InChI=1S/C34H35NO4/c36-26-32(37)17-8-3-11-23-39-33-18-10-9-16-31(33)25-35(24-27-12-4-1-5-13-27)34(38)30-21-19-29(20-22-30)28-14-6-2-7-15-28/h1-2,4-7,9-10,12-16,18-22,36H,3,8,11,17,23-26H2/i25D. The van der Waals surface area contributed by atoms with Crippen LogP contribution in [0.5, 0.6) is 5.75 Å². The van der Waals surface area contributed by atoms with Gasteiger partial charge < -0.3 is 14.7 Å². The number of Topliss-reactive ketones (excluding diaryl/α,β-unsaturated/α-hetero) is 1. The monoisotopic (exact) mass is 522 g/mol. The van der Waals surface area contributed by atoms with Gasteiger partial charge in [-0.05, 0) is 54.2 Å². The van der Waals surface area contributed by atoms with Crippen molar-refractivity contribution in [1.82, 2.24) is 4.90 Å². The van der Waals surface area contributed by atoms with E-state index in [4.69, 9.17) is 9.84 Å². The molecule has 1 unspecified atom stereocenters. The molecule has 0 fully saturated rings. The van der Waals surface area contributed by atoms with E-state index in [1.165, 1.54) is 0 Å². The van der Waals surface area contributed by atoms with E-state index in [2.05, 4.69) is 0 Å². The minimum absolute atomic E-state index is 0.152. The van der Waals surface area contributed by atoms with Crippen LogP contribution in [0.3, 0.4) is 0 Å². The SMILES string of the molecule is [2H]C(c1ccccc1OCCCCCC(=O)CO)N(Cc1ccccc1)C(=O)c1ccc(-c2ccccc2)cc1. The normalized spacial score (nSPS) is 11.9. The lowest BCUT2D eigenvalue weighted by atomic mass is 10.0. The molecule has 0 aliphatic heterocycles. The number of benzene rings is 4. The first kappa shape index (κ1) is 26.4. The second kappa shape index (κ2) is 14.6. The minimum Gasteiger partial charge on any atom is -0.493 e. The fraction of sp³-hybridized carbons (Fsp3) is 0.235. The number of rotatable bonds is 14. The maximum Gasteiger partial charge on any atom is 0.254 e. The third kappa shape index (κ3) is 8.39. The maximum absolute atomic E-state index is 13.9. The molecule has 4 rings (SSSR count). The van der Waals surface area contributed by atoms with Crippen molar-refractivity contribution >= 4 is 11.7 Å². The van der Waals surface area contributed by atoms with Crippen LogP contribution in [0.1, 0.15) is 48.5 Å². The van der Waals surface area contributed by atoms with E-state index < -0.39 is 13.1 Å². The fourth-order valence-corrected chi connectivity index (χ4v) is 4.31. The molecule has 5 heteroatoms. The van der Waals surface area contributed by atoms with Gasteiger partial charge in [0.1, 0.15) is 12.4 Å². The summed E-state index contributed by atoms with van der Waals surface area (Å²) in [4.78, 5) is 26.7. The van der Waals surface area contributed by atoms with Crippen LogP contribution in [0.15, 0.2) is 109 Å². The summed E-state index contributed by atoms with van der Waals surface area (Å²) in [5, 5.41) is 8.86. The number of para-hydroxylation sites is 1. The Hall–Kier alpha value is -4.22. The Morgan fingerprint density at radius 1 is 0.744 bits per heavy atom. The predicted octanol–water partition coefficient (Wildman–Crippen LogP) is 6.70. The Balaban J connectivity index is 1.51. The summed E-state index contributed by atoms with van der Waals surface area (Å²) in [6.45, 7) is -0.684. The van der Waals surface area contributed by atoms with Crippen LogP contribution in [-0.2, 0) is 17.9 Å². The highest BCUT2D eigenvalue weighted by Crippen LogP contribution is 2.24. The molecule has 0 saturated heterocycles. The summed E-state index contributed by atoms with van der Waals surface area (Å²) in [7, 11) is 0. The van der Waals surface area contributed by atoms with Crippen LogP contribution in [0.2, 0.25) is 0 Å². The topological polar surface area (TPSA) is 66.8 Å². The molecule has 39 heavy (non-hydrogen) atoms. The van der Waals surface area contributed by atoms with Crippen molar-refractivity contribution in [1.29, 1.82) is 0 Å². The molecule has 200 valence electrons. The maximum atomic E-state index is 13.9. The lowest BCUT2D eigenvalue weighted by molar-refractivity contribution is -0.121. The Morgan fingerprint density at radius 3 is 2.10 bits per heavy atom. The first-order valence-corrected chi connectivity index (χ1v) is 13.3. The number of amides is 1. The number of hydrogen-bond donors (Lipinski definition) is 1. The van der Waals surface area contributed by atoms with Crippen LogP contribution in [-0.4, -0.2) is 34.9 Å². The predicted molar refractivity (Wildman–Crippen MR) is 154 cm³/mol. The average molecular weight is 523 g/mol. The zero-order valence-corrected chi connectivity index (χ0v) is 22.0. The molecule has 1 atom stereocenters. The number of hydrogen-bond acceptors (Lipinski definition) is 4. The van der Waals surface area contributed by atoms with Crippen LogP contribution in [0.4, 0.5) is 0 Å². The van der Waals surface area contributed by atoms with E-state index in [1.807, 2.05) is 109 Å². The van der Waals surface area contributed by atoms with Crippen molar-refractivity contribution in [3.8, 4) is 16.9 Å². The van der Waals surface area contributed by atoms with Gasteiger partial charge in [0.25, 0.3) is 5.91 Å². The molecule has 0 aliphatic carbocycles. The van der Waals surface area contributed by atoms with Gasteiger partial charge in [-0.1, -0.05) is 91.0 Å². The van der Waals surface area contributed by atoms with Crippen molar-refractivity contribution in [2.75, 3.05) is 13.2 Å². The number of unbranched alkanes of at least 4 members (excludes halogenated alkanes) is 2. The van der Waals surface area contributed by atoms with Gasteiger partial charge in [0.15, 0.2) is 5.78 Å². The molecular formula is C34H35NO4. The van der Waals surface area contributed by atoms with E-state index in [1.54, 1.807) is 4.90 Å². The van der Waals surface area contributed by atoms with Gasteiger partial charge in [-0.2, -0.15) is 0 Å². The molecule has 4 aromatic rings. The van der Waals surface area contributed by atoms with Gasteiger partial charge >= 0.3 is 0 Å². The molecule has 0 heterocycles. The van der Waals surface area contributed by atoms with Crippen molar-refractivity contribution in [2.45, 2.75) is 38.7 Å². The molecule has 5 nitrogen and oxygen atoms in total. The molecule has 0 spiro atoms. The number of carbonyl (C=O) groups is 2. The second-order valence-corrected chi connectivity index (χ2v) is 9.38. The van der Waals surface area contributed by atoms with E-state index in [0.29, 0.717) is 36.3 Å². The summed E-state index contributed by atoms with van der Waals surface area (Å²) in [6.07, 6.45) is 2.62. The minimum atomic E-state index is -0.986. The van der Waals surface area contributed by atoms with Gasteiger partial charge in [0, 0.05) is 30.6 Å². The number of ketones is 1. The van der Waals surface area contributed by atoms with Crippen molar-refractivity contribution in [3.63, 3.8) is 0 Å². The molecule has 0 bridgehead atoms. The number of nitrogens with zero attached hydrogens (tertiary/aromatic N) is 1. The zero-order valence-electron chi connectivity index (χ0n) is 23.0. The summed E-state index contributed by atoms with van der Waals surface area (Å²) in [5.74, 6) is 0.187. The molecule has 1 N–H and O–H groups in total. The fourth-order valence-electron chi connectivity index (χ4n) is 4.31. The van der Waals surface area contributed by atoms with E-state index in [9.17, 15) is 11.0 Å². The quantitative estimate of drug-likeness (QED) is 0.187. The van der Waals surface area contributed by atoms with Crippen LogP contribution < -0.4 is 4.74 Å². The van der Waals surface area contributed by atoms with Gasteiger partial charge in [0.05, 0.1) is 7.98 Å². The van der Waals surface area contributed by atoms with Crippen molar-refractivity contribution < 1.29 is 20.8 Å². The van der Waals surface area contributed by atoms with Gasteiger partial charge in [-0.15, -0.1) is 0 Å². The average Bonchev–Trinajstić information content (AvgIpc) is 3.02. The van der Waals surface area contributed by atoms with Gasteiger partial charge in [-0.3, -0.25) is 9.59 Å². The lowest BCUT2D eigenvalue weighted by Crippen LogP contribution is -2.30. The van der Waals surface area contributed by atoms with Crippen LogP contribution in [0, 0.1) is 0 Å². The summed E-state index contributed by atoms with van der Waals surface area (Å²) in [5.41, 5.74) is 4.16. The van der Waals surface area contributed by atoms with Crippen LogP contribution >= 0.6 is 0 Å². The zero-order chi connectivity index (χ0) is 28.2. The summed E-state index contributed by atoms with van der Waals surface area (Å²) in [6, 6.07) is 34.6. The Morgan fingerprint density at radius 2 is 1.38 bits per heavy atom. The molecule has 0 aromatic heterocycles. The highest BCUT2D eigenvalue weighted by Gasteiger charge is 2.19. The van der Waals surface area contributed by atoms with E-state index in [-0.39, 0.29) is 18.2 Å². The molecule has 4 aromatic carbocycles. The lowest BCUT2D eigenvalue weighted by Gasteiger charge is -2.24. The summed E-state index contributed by atoms with van der Waals surface area (Å²) >= 11 is 0. The summed E-state index contributed by atoms with van der Waals surface area (Å²) < 4.78 is 15.2. The van der Waals surface area contributed by atoms with E-state index in [0.717, 1.165) is 29.5 Å². The Kier molecular flexibility index (Phi) is 9.91. The highest BCUT2D eigenvalue weighted by molar-refractivity contribution is 5.94. The van der Waals surface area contributed by atoms with Gasteiger partial charge in [0.2, 0.25) is 0 Å². The molecule has 1 amide bonds. The van der Waals surface area contributed by atoms with Crippen LogP contribution in [0.25, 0.3) is 11.1 Å².